The molecule has 0 spiro atoms. The summed E-state index contributed by atoms with van der Waals surface area (Å²) < 4.78 is 53.4. The first-order chi connectivity index (χ1) is 15.3. The fourth-order valence-electron chi connectivity index (χ4n) is 3.34. The summed E-state index contributed by atoms with van der Waals surface area (Å²) in [5.74, 6) is -3.27. The van der Waals surface area contributed by atoms with E-state index in [0.717, 1.165) is 33.3 Å². The molecular formula is C21H26O11S. The molecule has 0 aromatic heterocycles. The lowest BCUT2D eigenvalue weighted by Gasteiger charge is -2.43. The number of carbonyl (C=O) groups excluding carboxylic acids is 4. The topological polar surface area (TPSA) is 149 Å². The zero-order chi connectivity index (χ0) is 24.9. The molecule has 12 heteroatoms. The Labute approximate surface area is 191 Å². The Morgan fingerprint density at radius 2 is 1.33 bits per heavy atom. The van der Waals surface area contributed by atoms with Crippen molar-refractivity contribution in [1.82, 2.24) is 0 Å². The van der Waals surface area contributed by atoms with E-state index in [4.69, 9.17) is 23.7 Å². The molecular weight excluding hydrogens is 460 g/mol. The summed E-state index contributed by atoms with van der Waals surface area (Å²) in [7, 11) is -4.37. The Hall–Kier alpha value is -2.99. The lowest BCUT2D eigenvalue weighted by Crippen LogP contribution is -2.64. The molecule has 0 amide bonds. The van der Waals surface area contributed by atoms with Crippen molar-refractivity contribution < 1.29 is 51.3 Å². The maximum Gasteiger partial charge on any atom is 0.304 e. The number of sulfone groups is 1. The Balaban J connectivity index is 2.64. The molecule has 33 heavy (non-hydrogen) atoms. The van der Waals surface area contributed by atoms with Gasteiger partial charge in [0.15, 0.2) is 27.3 Å². The summed E-state index contributed by atoms with van der Waals surface area (Å²) in [6.45, 7) is 5.55. The highest BCUT2D eigenvalue weighted by Gasteiger charge is 2.57. The first-order valence-corrected chi connectivity index (χ1v) is 11.5. The number of benzene rings is 1. The van der Waals surface area contributed by atoms with E-state index < -0.39 is 70.2 Å². The van der Waals surface area contributed by atoms with E-state index in [1.807, 2.05) is 0 Å². The van der Waals surface area contributed by atoms with Gasteiger partial charge in [-0.1, -0.05) is 17.7 Å². The van der Waals surface area contributed by atoms with Crippen molar-refractivity contribution in [1.29, 1.82) is 0 Å². The molecule has 0 N–H and O–H groups in total. The normalized spacial score (nSPS) is 24.9. The molecule has 182 valence electrons. The van der Waals surface area contributed by atoms with E-state index in [0.29, 0.717) is 0 Å². The number of hydrogen-bond donors (Lipinski definition) is 0. The molecule has 0 bridgehead atoms. The minimum Gasteiger partial charge on any atom is -0.463 e. The molecule has 0 saturated carbocycles. The van der Waals surface area contributed by atoms with Gasteiger partial charge in [-0.3, -0.25) is 19.2 Å². The average Bonchev–Trinajstić information content (AvgIpc) is 2.67. The van der Waals surface area contributed by atoms with E-state index in [1.54, 1.807) is 19.1 Å². The Morgan fingerprint density at radius 1 is 0.818 bits per heavy atom. The van der Waals surface area contributed by atoms with Gasteiger partial charge in [0, 0.05) is 27.7 Å². The second-order valence-electron chi connectivity index (χ2n) is 7.43. The maximum atomic E-state index is 13.6. The smallest absolute Gasteiger partial charge is 0.304 e. The standard InChI is InChI=1S/C21H26O11S/c1-11-6-8-16(9-7-11)33(26,27)20-19(30-14(4)24)18(29-13(3)23)17(10-28-12(2)22)32-21(20)31-15(5)25/h6-9,17-21H,10H2,1-5H3/t17-,18+,19+,20-,21-/m1/s1. The lowest BCUT2D eigenvalue weighted by molar-refractivity contribution is -0.257. The molecule has 2 rings (SSSR count). The van der Waals surface area contributed by atoms with Gasteiger partial charge >= 0.3 is 23.9 Å². The largest absolute Gasteiger partial charge is 0.463 e. The van der Waals surface area contributed by atoms with Gasteiger partial charge < -0.3 is 23.7 Å². The highest BCUT2D eigenvalue weighted by Crippen LogP contribution is 2.35. The maximum absolute atomic E-state index is 13.6. The van der Waals surface area contributed by atoms with E-state index in [-0.39, 0.29) is 4.90 Å². The number of hydrogen-bond acceptors (Lipinski definition) is 11. The van der Waals surface area contributed by atoms with Crippen molar-refractivity contribution in [2.24, 2.45) is 0 Å². The summed E-state index contributed by atoms with van der Waals surface area (Å²) in [6, 6.07) is 5.80. The Kier molecular flexibility index (Phi) is 8.56. The van der Waals surface area contributed by atoms with Crippen LogP contribution in [0.3, 0.4) is 0 Å². The highest BCUT2D eigenvalue weighted by molar-refractivity contribution is 7.92. The quantitative estimate of drug-likeness (QED) is 0.399. The van der Waals surface area contributed by atoms with Gasteiger partial charge in [0.1, 0.15) is 12.7 Å². The van der Waals surface area contributed by atoms with Crippen molar-refractivity contribution in [3.63, 3.8) is 0 Å². The minimum absolute atomic E-state index is 0.156. The Morgan fingerprint density at radius 3 is 1.82 bits per heavy atom. The molecule has 5 atom stereocenters. The second-order valence-corrected chi connectivity index (χ2v) is 9.53. The van der Waals surface area contributed by atoms with Crippen LogP contribution in [0, 0.1) is 6.92 Å². The summed E-state index contributed by atoms with van der Waals surface area (Å²) in [6.07, 6.45) is -6.18. The van der Waals surface area contributed by atoms with Gasteiger partial charge in [0.2, 0.25) is 6.29 Å². The molecule has 0 aliphatic carbocycles. The van der Waals surface area contributed by atoms with Gasteiger partial charge in [0.25, 0.3) is 0 Å². The molecule has 1 aliphatic heterocycles. The summed E-state index contributed by atoms with van der Waals surface area (Å²) in [5, 5.41) is -1.79. The van der Waals surface area contributed by atoms with Crippen molar-refractivity contribution in [2.45, 2.75) is 69.4 Å². The van der Waals surface area contributed by atoms with Crippen LogP contribution < -0.4 is 0 Å². The van der Waals surface area contributed by atoms with Crippen LogP contribution in [0.15, 0.2) is 29.2 Å². The predicted molar refractivity (Wildman–Crippen MR) is 110 cm³/mol. The van der Waals surface area contributed by atoms with Crippen LogP contribution in [0.25, 0.3) is 0 Å². The van der Waals surface area contributed by atoms with E-state index in [9.17, 15) is 27.6 Å². The van der Waals surface area contributed by atoms with Crippen LogP contribution in [-0.4, -0.2) is 68.8 Å². The van der Waals surface area contributed by atoms with Gasteiger partial charge in [-0.15, -0.1) is 0 Å². The Bertz CT molecular complexity index is 1000. The lowest BCUT2D eigenvalue weighted by atomic mass is 10.0. The molecule has 1 fully saturated rings. The van der Waals surface area contributed by atoms with Crippen LogP contribution in [-0.2, 0) is 52.7 Å². The molecule has 1 heterocycles. The minimum atomic E-state index is -4.37. The van der Waals surface area contributed by atoms with Gasteiger partial charge in [0.05, 0.1) is 4.90 Å². The molecule has 0 radical (unpaired) electrons. The molecule has 1 saturated heterocycles. The number of esters is 4. The van der Waals surface area contributed by atoms with E-state index in [2.05, 4.69) is 0 Å². The van der Waals surface area contributed by atoms with Crippen molar-refractivity contribution >= 4 is 33.7 Å². The summed E-state index contributed by atoms with van der Waals surface area (Å²) in [5.41, 5.74) is 0.793. The highest BCUT2D eigenvalue weighted by atomic mass is 32.2. The van der Waals surface area contributed by atoms with Crippen LogP contribution in [0.5, 0.6) is 0 Å². The second kappa shape index (κ2) is 10.8. The third-order valence-corrected chi connectivity index (χ3v) is 6.77. The molecule has 0 unspecified atom stereocenters. The van der Waals surface area contributed by atoms with E-state index >= 15 is 0 Å². The van der Waals surface area contributed by atoms with Crippen LogP contribution in [0.1, 0.15) is 33.3 Å². The third kappa shape index (κ3) is 6.75. The zero-order valence-electron chi connectivity index (χ0n) is 18.8. The summed E-state index contributed by atoms with van der Waals surface area (Å²) >= 11 is 0. The van der Waals surface area contributed by atoms with Gasteiger partial charge in [-0.2, -0.15) is 0 Å². The molecule has 1 aliphatic rings. The first kappa shape index (κ1) is 26.3. The van der Waals surface area contributed by atoms with Gasteiger partial charge in [-0.05, 0) is 19.1 Å². The fourth-order valence-corrected chi connectivity index (χ4v) is 5.15. The van der Waals surface area contributed by atoms with Crippen molar-refractivity contribution in [2.75, 3.05) is 6.61 Å². The number of carbonyl (C=O) groups is 4. The monoisotopic (exact) mass is 486 g/mol. The van der Waals surface area contributed by atoms with Crippen LogP contribution >= 0.6 is 0 Å². The van der Waals surface area contributed by atoms with E-state index in [1.165, 1.54) is 12.1 Å². The molecule has 1 aromatic rings. The average molecular weight is 486 g/mol. The van der Waals surface area contributed by atoms with Crippen molar-refractivity contribution in [3.8, 4) is 0 Å². The SMILES string of the molecule is CC(=O)OC[C@H]1O[C@@H](OC(C)=O)[C@H](S(=O)(=O)c2ccc(C)cc2)[C@@H](OC(C)=O)[C@H]1OC(C)=O. The third-order valence-electron chi connectivity index (χ3n) is 4.64. The van der Waals surface area contributed by atoms with Gasteiger partial charge in [-0.25, -0.2) is 8.42 Å². The summed E-state index contributed by atoms with van der Waals surface area (Å²) in [4.78, 5) is 46.6. The zero-order valence-corrected chi connectivity index (χ0v) is 19.6. The molecule has 11 nitrogen and oxygen atoms in total. The molecule has 1 aromatic carbocycles. The number of rotatable bonds is 7. The fraction of sp³-hybridized carbons (Fsp3) is 0.524. The number of aryl methyl sites for hydroxylation is 1. The number of ether oxygens (including phenoxy) is 5. The van der Waals surface area contributed by atoms with Crippen molar-refractivity contribution in [3.05, 3.63) is 29.8 Å². The van der Waals surface area contributed by atoms with Crippen LogP contribution in [0.4, 0.5) is 0 Å². The first-order valence-electron chi connectivity index (χ1n) is 9.94. The predicted octanol–water partition coefficient (Wildman–Crippen LogP) is 0.852. The van der Waals surface area contributed by atoms with Crippen LogP contribution in [0.2, 0.25) is 0 Å².